The third kappa shape index (κ3) is 4.67. The minimum Gasteiger partial charge on any atom is -0.496 e. The number of hydrogen-bond acceptors (Lipinski definition) is 4. The van der Waals surface area contributed by atoms with E-state index in [1.54, 1.807) is 18.2 Å². The summed E-state index contributed by atoms with van der Waals surface area (Å²) in [6.45, 7) is 1.16. The molecular formula is C19H19ClF3N3O2. The first-order valence-electron chi connectivity index (χ1n) is 8.70. The Balaban J connectivity index is 1.58. The molecule has 5 nitrogen and oxygen atoms in total. The number of aromatic nitrogens is 1. The van der Waals surface area contributed by atoms with Crippen LogP contribution in [0.2, 0.25) is 5.02 Å². The van der Waals surface area contributed by atoms with Crippen LogP contribution >= 0.6 is 11.6 Å². The van der Waals surface area contributed by atoms with Crippen LogP contribution in [0.3, 0.4) is 0 Å². The van der Waals surface area contributed by atoms with Crippen LogP contribution in [0.5, 0.6) is 5.75 Å². The molecule has 150 valence electrons. The van der Waals surface area contributed by atoms with E-state index < -0.39 is 11.7 Å². The first-order valence-corrected chi connectivity index (χ1v) is 9.08. The van der Waals surface area contributed by atoms with Crippen LogP contribution in [-0.2, 0) is 6.18 Å². The normalized spacial score (nSPS) is 15.4. The monoisotopic (exact) mass is 413 g/mol. The number of piperidine rings is 1. The van der Waals surface area contributed by atoms with Gasteiger partial charge < -0.3 is 15.0 Å². The molecule has 1 aromatic carbocycles. The fourth-order valence-corrected chi connectivity index (χ4v) is 3.29. The molecule has 0 atom stereocenters. The highest BCUT2D eigenvalue weighted by molar-refractivity contribution is 6.31. The molecule has 2 aromatic rings. The van der Waals surface area contributed by atoms with Crippen molar-refractivity contribution in [3.05, 3.63) is 52.7 Å². The van der Waals surface area contributed by atoms with Crippen molar-refractivity contribution in [1.82, 2.24) is 10.3 Å². The van der Waals surface area contributed by atoms with E-state index in [4.69, 9.17) is 16.3 Å². The minimum absolute atomic E-state index is 0.0538. The number of hydrogen-bond donors (Lipinski definition) is 1. The summed E-state index contributed by atoms with van der Waals surface area (Å²) < 4.78 is 43.1. The van der Waals surface area contributed by atoms with Gasteiger partial charge in [-0.1, -0.05) is 11.6 Å². The lowest BCUT2D eigenvalue weighted by atomic mass is 10.0. The fourth-order valence-electron chi connectivity index (χ4n) is 3.11. The molecule has 2 heterocycles. The van der Waals surface area contributed by atoms with Gasteiger partial charge in [0.25, 0.3) is 5.91 Å². The Morgan fingerprint density at radius 1 is 1.25 bits per heavy atom. The molecule has 0 unspecified atom stereocenters. The highest BCUT2D eigenvalue weighted by Crippen LogP contribution is 2.30. The summed E-state index contributed by atoms with van der Waals surface area (Å²) in [5.74, 6) is 0.660. The quantitative estimate of drug-likeness (QED) is 0.817. The zero-order valence-electron chi connectivity index (χ0n) is 15.1. The summed E-state index contributed by atoms with van der Waals surface area (Å²) >= 11 is 5.97. The Labute approximate surface area is 165 Å². The van der Waals surface area contributed by atoms with Crippen molar-refractivity contribution < 1.29 is 22.7 Å². The van der Waals surface area contributed by atoms with E-state index in [2.05, 4.69) is 10.3 Å². The molecule has 1 saturated heterocycles. The van der Waals surface area contributed by atoms with Gasteiger partial charge in [-0.15, -0.1) is 0 Å². The van der Waals surface area contributed by atoms with E-state index in [1.807, 2.05) is 4.90 Å². The molecule has 1 amide bonds. The molecule has 0 radical (unpaired) electrons. The molecular weight excluding hydrogens is 395 g/mol. The second-order valence-electron chi connectivity index (χ2n) is 6.48. The van der Waals surface area contributed by atoms with Crippen LogP contribution in [0.4, 0.5) is 19.0 Å². The lowest BCUT2D eigenvalue weighted by Gasteiger charge is -2.33. The van der Waals surface area contributed by atoms with Crippen LogP contribution in [0.25, 0.3) is 0 Å². The first-order chi connectivity index (χ1) is 13.3. The van der Waals surface area contributed by atoms with Gasteiger partial charge in [0.05, 0.1) is 18.2 Å². The molecule has 1 fully saturated rings. The number of amides is 1. The molecule has 0 spiro atoms. The standard InChI is InChI=1S/C19H19ClF3N3O2/c1-28-16-4-3-13(20)10-15(16)18(27)25-14-6-8-26(9-7-14)17-5-2-12(11-24-17)19(21,22)23/h2-5,10-11,14H,6-9H2,1H3,(H,25,27). The maximum absolute atomic E-state index is 12.6. The third-order valence-electron chi connectivity index (χ3n) is 4.64. The maximum Gasteiger partial charge on any atom is 0.417 e. The predicted octanol–water partition coefficient (Wildman–Crippen LogP) is 4.16. The fraction of sp³-hybridized carbons (Fsp3) is 0.368. The van der Waals surface area contributed by atoms with Gasteiger partial charge >= 0.3 is 6.18 Å². The number of alkyl halides is 3. The smallest absolute Gasteiger partial charge is 0.417 e. The number of carbonyl (C=O) groups excluding carboxylic acids is 1. The number of nitrogens with zero attached hydrogens (tertiary/aromatic N) is 2. The zero-order valence-corrected chi connectivity index (χ0v) is 15.8. The molecule has 3 rings (SSSR count). The molecule has 0 aliphatic carbocycles. The Hall–Kier alpha value is -2.48. The molecule has 1 N–H and O–H groups in total. The van der Waals surface area contributed by atoms with Crippen LogP contribution in [0, 0.1) is 0 Å². The third-order valence-corrected chi connectivity index (χ3v) is 4.87. The van der Waals surface area contributed by atoms with E-state index in [0.717, 1.165) is 12.3 Å². The Morgan fingerprint density at radius 2 is 1.96 bits per heavy atom. The Kier molecular flexibility index (Phi) is 5.98. The highest BCUT2D eigenvalue weighted by Gasteiger charge is 2.31. The largest absolute Gasteiger partial charge is 0.496 e. The number of methoxy groups -OCH3 is 1. The van der Waals surface area contributed by atoms with Crippen LogP contribution in [0.1, 0.15) is 28.8 Å². The van der Waals surface area contributed by atoms with E-state index in [1.165, 1.54) is 13.2 Å². The average Bonchev–Trinajstić information content (AvgIpc) is 2.68. The van der Waals surface area contributed by atoms with Crippen molar-refractivity contribution in [3.63, 3.8) is 0 Å². The average molecular weight is 414 g/mol. The van der Waals surface area contributed by atoms with E-state index in [9.17, 15) is 18.0 Å². The van der Waals surface area contributed by atoms with E-state index >= 15 is 0 Å². The van der Waals surface area contributed by atoms with Crippen molar-refractivity contribution in [2.75, 3.05) is 25.1 Å². The minimum atomic E-state index is -4.40. The van der Waals surface area contributed by atoms with Crippen molar-refractivity contribution in [2.24, 2.45) is 0 Å². The summed E-state index contributed by atoms with van der Waals surface area (Å²) in [6.07, 6.45) is -2.26. The predicted molar refractivity (Wildman–Crippen MR) is 99.9 cm³/mol. The summed E-state index contributed by atoms with van der Waals surface area (Å²) in [4.78, 5) is 18.4. The van der Waals surface area contributed by atoms with Crippen molar-refractivity contribution in [3.8, 4) is 5.75 Å². The molecule has 28 heavy (non-hydrogen) atoms. The van der Waals surface area contributed by atoms with Crippen LogP contribution in [-0.4, -0.2) is 37.1 Å². The number of halogens is 4. The van der Waals surface area contributed by atoms with Crippen molar-refractivity contribution >= 4 is 23.3 Å². The van der Waals surface area contributed by atoms with E-state index in [-0.39, 0.29) is 11.9 Å². The van der Waals surface area contributed by atoms with Crippen LogP contribution < -0.4 is 15.0 Å². The molecule has 1 aliphatic rings. The zero-order chi connectivity index (χ0) is 20.3. The van der Waals surface area contributed by atoms with Gasteiger partial charge in [0.15, 0.2) is 0 Å². The van der Waals surface area contributed by atoms with Gasteiger partial charge in [-0.3, -0.25) is 4.79 Å². The number of ether oxygens (including phenoxy) is 1. The number of benzene rings is 1. The second kappa shape index (κ2) is 8.26. The Morgan fingerprint density at radius 3 is 2.54 bits per heavy atom. The number of pyridine rings is 1. The molecule has 0 saturated carbocycles. The number of rotatable bonds is 4. The summed E-state index contributed by atoms with van der Waals surface area (Å²) in [6, 6.07) is 7.18. The highest BCUT2D eigenvalue weighted by atomic mass is 35.5. The molecule has 9 heteroatoms. The summed E-state index contributed by atoms with van der Waals surface area (Å²) in [7, 11) is 1.48. The van der Waals surface area contributed by atoms with E-state index in [0.29, 0.717) is 48.1 Å². The summed E-state index contributed by atoms with van der Waals surface area (Å²) in [5, 5.41) is 3.40. The molecule has 0 bridgehead atoms. The number of anilines is 1. The second-order valence-corrected chi connectivity index (χ2v) is 6.92. The van der Waals surface area contributed by atoms with Gasteiger partial charge in [-0.25, -0.2) is 4.98 Å². The maximum atomic E-state index is 12.6. The first kappa shape index (κ1) is 20.3. The number of nitrogens with one attached hydrogen (secondary N) is 1. The molecule has 1 aliphatic heterocycles. The lowest BCUT2D eigenvalue weighted by Crippen LogP contribution is -2.45. The van der Waals surface area contributed by atoms with Gasteiger partial charge in [0, 0.05) is 30.4 Å². The van der Waals surface area contributed by atoms with Crippen molar-refractivity contribution in [2.45, 2.75) is 25.1 Å². The van der Waals surface area contributed by atoms with Gasteiger partial charge in [-0.05, 0) is 43.2 Å². The molecule has 1 aromatic heterocycles. The topological polar surface area (TPSA) is 54.5 Å². The SMILES string of the molecule is COc1ccc(Cl)cc1C(=O)NC1CCN(c2ccc(C(F)(F)F)cn2)CC1. The van der Waals surface area contributed by atoms with Gasteiger partial charge in [-0.2, -0.15) is 13.2 Å². The van der Waals surface area contributed by atoms with Gasteiger partial charge in [0.2, 0.25) is 0 Å². The Bertz CT molecular complexity index is 835. The summed E-state index contributed by atoms with van der Waals surface area (Å²) in [5.41, 5.74) is -0.407. The number of carbonyl (C=O) groups is 1. The van der Waals surface area contributed by atoms with Gasteiger partial charge in [0.1, 0.15) is 11.6 Å². The van der Waals surface area contributed by atoms with Crippen molar-refractivity contribution in [1.29, 1.82) is 0 Å². The van der Waals surface area contributed by atoms with Crippen LogP contribution in [0.15, 0.2) is 36.5 Å². The lowest BCUT2D eigenvalue weighted by molar-refractivity contribution is -0.137.